The highest BCUT2D eigenvalue weighted by molar-refractivity contribution is 5.76. The topological polar surface area (TPSA) is 49.6 Å². The second-order valence-electron chi connectivity index (χ2n) is 6.59. The van der Waals surface area contributed by atoms with Crippen LogP contribution in [0.1, 0.15) is 51.9 Å². The molecular formula is C16H31N3O. The molecule has 0 spiro atoms. The number of likely N-dealkylation sites (tertiary alicyclic amines) is 2. The summed E-state index contributed by atoms with van der Waals surface area (Å²) < 4.78 is 0. The first kappa shape index (κ1) is 15.8. The summed E-state index contributed by atoms with van der Waals surface area (Å²) in [6.45, 7) is 7.26. The van der Waals surface area contributed by atoms with E-state index in [4.69, 9.17) is 5.73 Å². The monoisotopic (exact) mass is 281 g/mol. The maximum Gasteiger partial charge on any atom is 0.222 e. The lowest BCUT2D eigenvalue weighted by Crippen LogP contribution is -2.48. The van der Waals surface area contributed by atoms with Gasteiger partial charge in [-0.3, -0.25) is 4.79 Å². The van der Waals surface area contributed by atoms with Crippen molar-refractivity contribution in [2.45, 2.75) is 57.9 Å². The Morgan fingerprint density at radius 1 is 1.15 bits per heavy atom. The molecule has 2 rings (SSSR count). The molecule has 4 heteroatoms. The molecule has 1 amide bonds. The van der Waals surface area contributed by atoms with E-state index < -0.39 is 0 Å². The van der Waals surface area contributed by atoms with Gasteiger partial charge in [-0.05, 0) is 57.7 Å². The van der Waals surface area contributed by atoms with E-state index >= 15 is 0 Å². The Morgan fingerprint density at radius 3 is 2.40 bits per heavy atom. The fraction of sp³-hybridized carbons (Fsp3) is 0.938. The summed E-state index contributed by atoms with van der Waals surface area (Å²) >= 11 is 0. The third-order valence-corrected chi connectivity index (χ3v) is 4.98. The lowest BCUT2D eigenvalue weighted by molar-refractivity contribution is -0.133. The van der Waals surface area contributed by atoms with Crippen LogP contribution >= 0.6 is 0 Å². The lowest BCUT2D eigenvalue weighted by Gasteiger charge is -2.40. The van der Waals surface area contributed by atoms with Crippen LogP contribution in [0.5, 0.6) is 0 Å². The zero-order valence-corrected chi connectivity index (χ0v) is 13.0. The Labute approximate surface area is 123 Å². The van der Waals surface area contributed by atoms with E-state index in [1.807, 2.05) is 0 Å². The van der Waals surface area contributed by atoms with Crippen LogP contribution in [0.2, 0.25) is 0 Å². The SMILES string of the molecule is CC(CN)CCC(=O)N1CCC(N2CCCCC2)CC1. The molecule has 0 aliphatic carbocycles. The highest BCUT2D eigenvalue weighted by Gasteiger charge is 2.27. The Hall–Kier alpha value is -0.610. The van der Waals surface area contributed by atoms with E-state index in [2.05, 4.69) is 16.7 Å². The van der Waals surface area contributed by atoms with Crippen molar-refractivity contribution in [2.75, 3.05) is 32.7 Å². The third-order valence-electron chi connectivity index (χ3n) is 4.98. The van der Waals surface area contributed by atoms with E-state index in [-0.39, 0.29) is 0 Å². The van der Waals surface area contributed by atoms with Crippen LogP contribution in [0.3, 0.4) is 0 Å². The molecule has 0 saturated carbocycles. The van der Waals surface area contributed by atoms with Crippen LogP contribution in [0.4, 0.5) is 0 Å². The second kappa shape index (κ2) is 7.99. The molecule has 0 aromatic rings. The summed E-state index contributed by atoms with van der Waals surface area (Å²) in [5.41, 5.74) is 5.61. The van der Waals surface area contributed by atoms with E-state index in [0.29, 0.717) is 24.8 Å². The minimum Gasteiger partial charge on any atom is -0.343 e. The molecule has 0 aromatic carbocycles. The lowest BCUT2D eigenvalue weighted by atomic mass is 9.99. The number of hydrogen-bond acceptors (Lipinski definition) is 3. The van der Waals surface area contributed by atoms with Gasteiger partial charge in [-0.2, -0.15) is 0 Å². The van der Waals surface area contributed by atoms with Crippen molar-refractivity contribution >= 4 is 5.91 Å². The predicted molar refractivity (Wildman–Crippen MR) is 82.5 cm³/mol. The van der Waals surface area contributed by atoms with E-state index in [0.717, 1.165) is 38.4 Å². The number of piperidine rings is 2. The minimum atomic E-state index is 0.336. The van der Waals surface area contributed by atoms with Crippen LogP contribution in [0.15, 0.2) is 0 Å². The van der Waals surface area contributed by atoms with E-state index in [1.165, 1.54) is 32.4 Å². The summed E-state index contributed by atoms with van der Waals surface area (Å²) in [6, 6.07) is 0.724. The van der Waals surface area contributed by atoms with E-state index in [9.17, 15) is 4.79 Å². The zero-order chi connectivity index (χ0) is 14.4. The molecule has 2 fully saturated rings. The van der Waals surface area contributed by atoms with Gasteiger partial charge >= 0.3 is 0 Å². The van der Waals surface area contributed by atoms with Gasteiger partial charge in [-0.15, -0.1) is 0 Å². The summed E-state index contributed by atoms with van der Waals surface area (Å²) in [7, 11) is 0. The molecule has 2 N–H and O–H groups in total. The first-order chi connectivity index (χ1) is 9.70. The molecule has 1 atom stereocenters. The molecule has 4 nitrogen and oxygen atoms in total. The zero-order valence-electron chi connectivity index (χ0n) is 13.0. The second-order valence-corrected chi connectivity index (χ2v) is 6.59. The molecular weight excluding hydrogens is 250 g/mol. The normalized spacial score (nSPS) is 23.8. The third kappa shape index (κ3) is 4.45. The Morgan fingerprint density at radius 2 is 1.80 bits per heavy atom. The molecule has 2 aliphatic rings. The smallest absolute Gasteiger partial charge is 0.222 e. The first-order valence-electron chi connectivity index (χ1n) is 8.42. The number of rotatable bonds is 5. The molecule has 0 bridgehead atoms. The van der Waals surface area contributed by atoms with Gasteiger partial charge in [0.15, 0.2) is 0 Å². The summed E-state index contributed by atoms with van der Waals surface area (Å²) in [5.74, 6) is 0.798. The van der Waals surface area contributed by atoms with Crippen molar-refractivity contribution in [2.24, 2.45) is 11.7 Å². The van der Waals surface area contributed by atoms with Crippen molar-refractivity contribution in [1.29, 1.82) is 0 Å². The standard InChI is InChI=1S/C16H31N3O/c1-14(13-17)5-6-16(20)19-11-7-15(8-12-19)18-9-3-2-4-10-18/h14-15H,2-13,17H2,1H3. The molecule has 116 valence electrons. The van der Waals surface area contributed by atoms with Crippen molar-refractivity contribution in [3.63, 3.8) is 0 Å². The number of nitrogens with two attached hydrogens (primary N) is 1. The molecule has 2 heterocycles. The number of carbonyl (C=O) groups is 1. The fourth-order valence-electron chi connectivity index (χ4n) is 3.41. The quantitative estimate of drug-likeness (QED) is 0.836. The molecule has 2 saturated heterocycles. The fourth-order valence-corrected chi connectivity index (χ4v) is 3.41. The van der Waals surface area contributed by atoms with Crippen LogP contribution in [0, 0.1) is 5.92 Å². The summed E-state index contributed by atoms with van der Waals surface area (Å²) in [5, 5.41) is 0. The van der Waals surface area contributed by atoms with Crippen molar-refractivity contribution in [3.8, 4) is 0 Å². The largest absolute Gasteiger partial charge is 0.343 e. The maximum atomic E-state index is 12.2. The Kier molecular flexibility index (Phi) is 6.30. The van der Waals surface area contributed by atoms with Gasteiger partial charge in [0.25, 0.3) is 0 Å². The summed E-state index contributed by atoms with van der Waals surface area (Å²) in [6.07, 6.45) is 8.05. The molecule has 0 aromatic heterocycles. The average Bonchev–Trinajstić information content (AvgIpc) is 2.53. The Bertz CT molecular complexity index is 294. The van der Waals surface area contributed by atoms with Crippen LogP contribution in [-0.2, 0) is 4.79 Å². The Balaban J connectivity index is 1.69. The number of amides is 1. The van der Waals surface area contributed by atoms with E-state index in [1.54, 1.807) is 0 Å². The van der Waals surface area contributed by atoms with Gasteiger partial charge in [0, 0.05) is 25.6 Å². The first-order valence-corrected chi connectivity index (χ1v) is 8.42. The summed E-state index contributed by atoms with van der Waals surface area (Å²) in [4.78, 5) is 16.9. The predicted octanol–water partition coefficient (Wildman–Crippen LogP) is 1.84. The molecule has 0 radical (unpaired) electrons. The van der Waals surface area contributed by atoms with Crippen molar-refractivity contribution in [3.05, 3.63) is 0 Å². The highest BCUT2D eigenvalue weighted by Crippen LogP contribution is 2.21. The minimum absolute atomic E-state index is 0.336. The van der Waals surface area contributed by atoms with Gasteiger partial charge < -0.3 is 15.5 Å². The number of nitrogens with zero attached hydrogens (tertiary/aromatic N) is 2. The van der Waals surface area contributed by atoms with Gasteiger partial charge in [0.05, 0.1) is 0 Å². The van der Waals surface area contributed by atoms with Crippen molar-refractivity contribution < 1.29 is 4.79 Å². The van der Waals surface area contributed by atoms with Crippen molar-refractivity contribution in [1.82, 2.24) is 9.80 Å². The van der Waals surface area contributed by atoms with Gasteiger partial charge in [0.1, 0.15) is 0 Å². The average molecular weight is 281 g/mol. The van der Waals surface area contributed by atoms with Crippen LogP contribution in [-0.4, -0.2) is 54.5 Å². The molecule has 2 aliphatic heterocycles. The van der Waals surface area contributed by atoms with Crippen LogP contribution in [0.25, 0.3) is 0 Å². The van der Waals surface area contributed by atoms with Gasteiger partial charge in [-0.25, -0.2) is 0 Å². The maximum absolute atomic E-state index is 12.2. The number of carbonyl (C=O) groups excluding carboxylic acids is 1. The molecule has 1 unspecified atom stereocenters. The van der Waals surface area contributed by atoms with Crippen LogP contribution < -0.4 is 5.73 Å². The molecule has 20 heavy (non-hydrogen) atoms. The highest BCUT2D eigenvalue weighted by atomic mass is 16.2. The number of hydrogen-bond donors (Lipinski definition) is 1. The van der Waals surface area contributed by atoms with Gasteiger partial charge in [-0.1, -0.05) is 13.3 Å². The van der Waals surface area contributed by atoms with Gasteiger partial charge in [0.2, 0.25) is 5.91 Å².